The molecule has 0 amide bonds. The molecule has 2 aromatic rings. The number of rotatable bonds is 7. The summed E-state index contributed by atoms with van der Waals surface area (Å²) in [5, 5.41) is 0. The maximum atomic E-state index is 13.5. The molecule has 3 nitrogen and oxygen atoms in total. The first-order chi connectivity index (χ1) is 11.3. The fraction of sp³-hybridized carbons (Fsp3) is 0.368. The molecule has 122 valence electrons. The molecule has 1 saturated heterocycles. The van der Waals surface area contributed by atoms with Gasteiger partial charge in [-0.1, -0.05) is 18.2 Å². The van der Waals surface area contributed by atoms with Crippen LogP contribution in [0.3, 0.4) is 0 Å². The SMILES string of the molecule is Fc1ccccc1COc1ccc(OCCN2CCCC2)cc1. The summed E-state index contributed by atoms with van der Waals surface area (Å²) in [6.45, 7) is 4.28. The summed E-state index contributed by atoms with van der Waals surface area (Å²) in [5.41, 5.74) is 0.554. The van der Waals surface area contributed by atoms with Gasteiger partial charge >= 0.3 is 0 Å². The summed E-state index contributed by atoms with van der Waals surface area (Å²) in [5.74, 6) is 1.30. The Hall–Kier alpha value is -2.07. The maximum Gasteiger partial charge on any atom is 0.129 e. The highest BCUT2D eigenvalue weighted by molar-refractivity contribution is 5.31. The average molecular weight is 315 g/mol. The van der Waals surface area contributed by atoms with Crippen molar-refractivity contribution in [2.75, 3.05) is 26.2 Å². The van der Waals surface area contributed by atoms with Gasteiger partial charge in [-0.05, 0) is 56.3 Å². The van der Waals surface area contributed by atoms with Gasteiger partial charge in [0, 0.05) is 12.1 Å². The van der Waals surface area contributed by atoms with E-state index in [0.29, 0.717) is 17.9 Å². The Kier molecular flexibility index (Phi) is 5.48. The minimum Gasteiger partial charge on any atom is -0.492 e. The first-order valence-electron chi connectivity index (χ1n) is 8.13. The molecule has 23 heavy (non-hydrogen) atoms. The van der Waals surface area contributed by atoms with Crippen molar-refractivity contribution >= 4 is 0 Å². The van der Waals surface area contributed by atoms with Crippen molar-refractivity contribution in [1.82, 2.24) is 4.90 Å². The van der Waals surface area contributed by atoms with E-state index in [2.05, 4.69) is 4.90 Å². The Morgan fingerprint density at radius 1 is 0.870 bits per heavy atom. The van der Waals surface area contributed by atoms with E-state index in [1.165, 1.54) is 32.0 Å². The molecule has 1 aliphatic heterocycles. The zero-order chi connectivity index (χ0) is 15.9. The molecule has 0 aliphatic carbocycles. The summed E-state index contributed by atoms with van der Waals surface area (Å²) < 4.78 is 24.9. The highest BCUT2D eigenvalue weighted by Gasteiger charge is 2.10. The molecule has 0 unspecified atom stereocenters. The van der Waals surface area contributed by atoms with Gasteiger partial charge in [0.05, 0.1) is 0 Å². The van der Waals surface area contributed by atoms with Crippen LogP contribution in [-0.4, -0.2) is 31.1 Å². The minimum atomic E-state index is -0.241. The van der Waals surface area contributed by atoms with Crippen molar-refractivity contribution < 1.29 is 13.9 Å². The van der Waals surface area contributed by atoms with Crippen molar-refractivity contribution in [3.63, 3.8) is 0 Å². The molecule has 0 radical (unpaired) electrons. The molecule has 0 bridgehead atoms. The van der Waals surface area contributed by atoms with E-state index in [4.69, 9.17) is 9.47 Å². The van der Waals surface area contributed by atoms with Crippen molar-refractivity contribution in [2.45, 2.75) is 19.4 Å². The van der Waals surface area contributed by atoms with E-state index >= 15 is 0 Å². The molecule has 4 heteroatoms. The Morgan fingerprint density at radius 2 is 1.52 bits per heavy atom. The third-order valence-electron chi connectivity index (χ3n) is 4.05. The molecule has 0 spiro atoms. The number of hydrogen-bond donors (Lipinski definition) is 0. The Labute approximate surface area is 136 Å². The second kappa shape index (κ2) is 7.97. The Balaban J connectivity index is 1.44. The summed E-state index contributed by atoms with van der Waals surface area (Å²) in [6, 6.07) is 14.1. The number of hydrogen-bond acceptors (Lipinski definition) is 3. The van der Waals surface area contributed by atoms with Gasteiger partial charge < -0.3 is 9.47 Å². The van der Waals surface area contributed by atoms with Crippen LogP contribution in [0.5, 0.6) is 11.5 Å². The normalized spacial score (nSPS) is 14.8. The van der Waals surface area contributed by atoms with E-state index < -0.39 is 0 Å². The van der Waals surface area contributed by atoms with Crippen LogP contribution >= 0.6 is 0 Å². The molecular formula is C19H22FNO2. The van der Waals surface area contributed by atoms with E-state index in [9.17, 15) is 4.39 Å². The quantitative estimate of drug-likeness (QED) is 0.774. The van der Waals surface area contributed by atoms with Crippen LogP contribution in [0.2, 0.25) is 0 Å². The Bertz CT molecular complexity index is 609. The van der Waals surface area contributed by atoms with Crippen LogP contribution in [-0.2, 0) is 6.61 Å². The maximum absolute atomic E-state index is 13.5. The number of benzene rings is 2. The number of likely N-dealkylation sites (tertiary alicyclic amines) is 1. The first kappa shape index (κ1) is 15.8. The molecule has 0 atom stereocenters. The molecule has 1 heterocycles. The zero-order valence-corrected chi connectivity index (χ0v) is 13.2. The smallest absolute Gasteiger partial charge is 0.129 e. The summed E-state index contributed by atoms with van der Waals surface area (Å²) in [4.78, 5) is 2.42. The molecule has 0 saturated carbocycles. The van der Waals surface area contributed by atoms with E-state index in [1.807, 2.05) is 24.3 Å². The topological polar surface area (TPSA) is 21.7 Å². The van der Waals surface area contributed by atoms with Crippen molar-refractivity contribution in [1.29, 1.82) is 0 Å². The van der Waals surface area contributed by atoms with Gasteiger partial charge in [0.2, 0.25) is 0 Å². The Morgan fingerprint density at radius 3 is 2.22 bits per heavy atom. The van der Waals surface area contributed by atoms with Crippen LogP contribution in [0.25, 0.3) is 0 Å². The number of halogens is 1. The third-order valence-corrected chi connectivity index (χ3v) is 4.05. The van der Waals surface area contributed by atoms with Crippen molar-refractivity contribution in [3.8, 4) is 11.5 Å². The van der Waals surface area contributed by atoms with Crippen LogP contribution in [0.15, 0.2) is 48.5 Å². The monoisotopic (exact) mass is 315 g/mol. The van der Waals surface area contributed by atoms with Gasteiger partial charge in [-0.3, -0.25) is 4.90 Å². The van der Waals surface area contributed by atoms with Crippen molar-refractivity contribution in [3.05, 3.63) is 59.9 Å². The van der Waals surface area contributed by atoms with Gasteiger partial charge in [0.1, 0.15) is 30.5 Å². The van der Waals surface area contributed by atoms with E-state index in [-0.39, 0.29) is 12.4 Å². The highest BCUT2D eigenvalue weighted by Crippen LogP contribution is 2.19. The largest absolute Gasteiger partial charge is 0.492 e. The predicted molar refractivity (Wildman–Crippen MR) is 88.3 cm³/mol. The lowest BCUT2D eigenvalue weighted by molar-refractivity contribution is 0.237. The van der Waals surface area contributed by atoms with E-state index in [0.717, 1.165) is 12.3 Å². The van der Waals surface area contributed by atoms with Gasteiger partial charge in [-0.15, -0.1) is 0 Å². The van der Waals surface area contributed by atoms with Crippen LogP contribution in [0, 0.1) is 5.82 Å². The average Bonchev–Trinajstić information content (AvgIpc) is 3.09. The third kappa shape index (κ3) is 4.70. The fourth-order valence-corrected chi connectivity index (χ4v) is 2.71. The van der Waals surface area contributed by atoms with Gasteiger partial charge in [-0.2, -0.15) is 0 Å². The number of nitrogens with zero attached hydrogens (tertiary/aromatic N) is 1. The lowest BCUT2D eigenvalue weighted by atomic mass is 10.2. The van der Waals surface area contributed by atoms with Crippen LogP contribution < -0.4 is 9.47 Å². The number of ether oxygens (including phenoxy) is 2. The lowest BCUT2D eigenvalue weighted by Crippen LogP contribution is -2.25. The lowest BCUT2D eigenvalue weighted by Gasteiger charge is -2.15. The van der Waals surface area contributed by atoms with Crippen molar-refractivity contribution in [2.24, 2.45) is 0 Å². The standard InChI is InChI=1S/C19H22FNO2/c20-19-6-2-1-5-16(19)15-23-18-9-7-17(8-10-18)22-14-13-21-11-3-4-12-21/h1-2,5-10H,3-4,11-15H2. The minimum absolute atomic E-state index is 0.224. The van der Waals surface area contributed by atoms with E-state index in [1.54, 1.807) is 18.2 Å². The summed E-state index contributed by atoms with van der Waals surface area (Å²) >= 11 is 0. The second-order valence-electron chi connectivity index (χ2n) is 5.75. The first-order valence-corrected chi connectivity index (χ1v) is 8.13. The van der Waals surface area contributed by atoms with Crippen LogP contribution in [0.4, 0.5) is 4.39 Å². The van der Waals surface area contributed by atoms with Gasteiger partial charge in [-0.25, -0.2) is 4.39 Å². The molecule has 0 N–H and O–H groups in total. The zero-order valence-electron chi connectivity index (χ0n) is 13.2. The molecular weight excluding hydrogens is 293 g/mol. The second-order valence-corrected chi connectivity index (χ2v) is 5.75. The molecule has 0 aromatic heterocycles. The van der Waals surface area contributed by atoms with Gasteiger partial charge in [0.25, 0.3) is 0 Å². The molecule has 2 aromatic carbocycles. The molecule has 1 aliphatic rings. The molecule has 1 fully saturated rings. The highest BCUT2D eigenvalue weighted by atomic mass is 19.1. The van der Waals surface area contributed by atoms with Gasteiger partial charge in [0.15, 0.2) is 0 Å². The van der Waals surface area contributed by atoms with Crippen LogP contribution in [0.1, 0.15) is 18.4 Å². The predicted octanol–water partition coefficient (Wildman–Crippen LogP) is 3.88. The fourth-order valence-electron chi connectivity index (χ4n) is 2.71. The summed E-state index contributed by atoms with van der Waals surface area (Å²) in [6.07, 6.45) is 2.60. The molecule has 3 rings (SSSR count). The summed E-state index contributed by atoms with van der Waals surface area (Å²) in [7, 11) is 0.